The van der Waals surface area contributed by atoms with Crippen LogP contribution in [0.5, 0.6) is 0 Å². The van der Waals surface area contributed by atoms with E-state index in [1.54, 1.807) is 24.3 Å². The van der Waals surface area contributed by atoms with Gasteiger partial charge in [0.2, 0.25) is 0 Å². The van der Waals surface area contributed by atoms with Crippen molar-refractivity contribution in [3.8, 4) is 0 Å². The van der Waals surface area contributed by atoms with E-state index in [1.807, 2.05) is 18.2 Å². The molecule has 1 aliphatic rings. The van der Waals surface area contributed by atoms with Crippen molar-refractivity contribution < 1.29 is 4.79 Å². The lowest BCUT2D eigenvalue weighted by Crippen LogP contribution is -2.47. The Bertz CT molecular complexity index is 652. The minimum Gasteiger partial charge on any atom is -0.399 e. The Morgan fingerprint density at radius 1 is 1.08 bits per heavy atom. The number of carbonyl (C=O) groups is 1. The highest BCUT2D eigenvalue weighted by Crippen LogP contribution is 2.19. The third-order valence-corrected chi connectivity index (χ3v) is 4.03. The van der Waals surface area contributed by atoms with Gasteiger partial charge in [0, 0.05) is 36.1 Å². The van der Waals surface area contributed by atoms with E-state index in [4.69, 9.17) is 5.73 Å². The van der Waals surface area contributed by atoms with Crippen molar-refractivity contribution in [3.05, 3.63) is 60.2 Å². The summed E-state index contributed by atoms with van der Waals surface area (Å²) in [4.78, 5) is 14.7. The molecule has 1 atom stereocenters. The molecule has 24 heavy (non-hydrogen) atoms. The number of rotatable bonds is 3. The van der Waals surface area contributed by atoms with Crippen molar-refractivity contribution in [1.82, 2.24) is 5.32 Å². The quantitative estimate of drug-likeness (QED) is 0.816. The van der Waals surface area contributed by atoms with Gasteiger partial charge in [-0.3, -0.25) is 4.79 Å². The van der Waals surface area contributed by atoms with Gasteiger partial charge >= 0.3 is 0 Å². The average Bonchev–Trinajstić information content (AvgIpc) is 2.56. The summed E-state index contributed by atoms with van der Waals surface area (Å²) in [5.41, 5.74) is 8.19. The molecule has 2 aromatic carbocycles. The molecule has 1 unspecified atom stereocenters. The zero-order valence-corrected chi connectivity index (χ0v) is 15.0. The Morgan fingerprint density at radius 3 is 2.54 bits per heavy atom. The first-order chi connectivity index (χ1) is 10.7. The molecule has 4 nitrogen and oxygen atoms in total. The highest BCUT2D eigenvalue weighted by Gasteiger charge is 2.22. The summed E-state index contributed by atoms with van der Waals surface area (Å²) in [5.74, 6) is -0.0489. The fourth-order valence-corrected chi connectivity index (χ4v) is 2.92. The Balaban J connectivity index is 0.00000144. The van der Waals surface area contributed by atoms with Gasteiger partial charge in [0.15, 0.2) is 0 Å². The average molecular weight is 368 g/mol. The molecular weight excluding hydrogens is 345 g/mol. The number of benzene rings is 2. The predicted molar refractivity (Wildman–Crippen MR) is 104 cm³/mol. The second-order valence-electron chi connectivity index (χ2n) is 5.72. The highest BCUT2D eigenvalue weighted by molar-refractivity contribution is 5.95. The molecule has 1 amide bonds. The maximum atomic E-state index is 12.3. The smallest absolute Gasteiger partial charge is 0.251 e. The number of nitrogens with zero attached hydrogens (tertiary/aromatic N) is 1. The molecule has 130 valence electrons. The number of para-hydroxylation sites is 1. The molecule has 0 aliphatic carbocycles. The van der Waals surface area contributed by atoms with Crippen molar-refractivity contribution in [1.29, 1.82) is 0 Å². The van der Waals surface area contributed by atoms with Gasteiger partial charge in [-0.2, -0.15) is 0 Å². The van der Waals surface area contributed by atoms with E-state index in [-0.39, 0.29) is 36.8 Å². The number of nitrogens with two attached hydrogens (primary N) is 1. The van der Waals surface area contributed by atoms with E-state index in [2.05, 4.69) is 22.3 Å². The van der Waals surface area contributed by atoms with Crippen LogP contribution in [0.3, 0.4) is 0 Å². The summed E-state index contributed by atoms with van der Waals surface area (Å²) >= 11 is 0. The number of hydrogen-bond acceptors (Lipinski definition) is 3. The zero-order valence-electron chi connectivity index (χ0n) is 13.4. The van der Waals surface area contributed by atoms with Crippen LogP contribution in [0.2, 0.25) is 0 Å². The molecule has 3 N–H and O–H groups in total. The predicted octanol–water partition coefficient (Wildman–Crippen LogP) is 3.51. The largest absolute Gasteiger partial charge is 0.399 e. The van der Waals surface area contributed by atoms with Gasteiger partial charge < -0.3 is 16.0 Å². The molecule has 1 aliphatic heterocycles. The maximum Gasteiger partial charge on any atom is 0.251 e. The third-order valence-electron chi connectivity index (χ3n) is 4.03. The topological polar surface area (TPSA) is 58.4 Å². The number of carbonyl (C=O) groups excluding carboxylic acids is 1. The van der Waals surface area contributed by atoms with Gasteiger partial charge in [0.1, 0.15) is 0 Å². The highest BCUT2D eigenvalue weighted by atomic mass is 35.5. The van der Waals surface area contributed by atoms with Gasteiger partial charge in [0.25, 0.3) is 5.91 Å². The van der Waals surface area contributed by atoms with E-state index >= 15 is 0 Å². The van der Waals surface area contributed by atoms with Crippen LogP contribution < -0.4 is 16.0 Å². The lowest BCUT2D eigenvalue weighted by atomic mass is 10.0. The van der Waals surface area contributed by atoms with Crippen molar-refractivity contribution in [2.45, 2.75) is 18.9 Å². The van der Waals surface area contributed by atoms with Gasteiger partial charge in [-0.25, -0.2) is 0 Å². The minimum atomic E-state index is -0.0489. The molecule has 3 rings (SSSR count). The van der Waals surface area contributed by atoms with Crippen molar-refractivity contribution in [2.24, 2.45) is 0 Å². The van der Waals surface area contributed by atoms with E-state index in [9.17, 15) is 4.79 Å². The van der Waals surface area contributed by atoms with Gasteiger partial charge in [-0.05, 0) is 43.2 Å². The van der Waals surface area contributed by atoms with Crippen LogP contribution in [0, 0.1) is 0 Å². The summed E-state index contributed by atoms with van der Waals surface area (Å²) in [7, 11) is 0. The number of amides is 1. The monoisotopic (exact) mass is 367 g/mol. The molecule has 1 heterocycles. The van der Waals surface area contributed by atoms with E-state index in [0.717, 1.165) is 25.9 Å². The van der Waals surface area contributed by atoms with Crippen LogP contribution in [0.15, 0.2) is 54.6 Å². The third kappa shape index (κ3) is 5.05. The fraction of sp³-hybridized carbons (Fsp3) is 0.278. The molecule has 0 spiro atoms. The SMILES string of the molecule is Cl.Cl.Nc1cccc(C(=O)NC2CCCN(c3ccccc3)C2)c1. The van der Waals surface area contributed by atoms with E-state index in [1.165, 1.54) is 5.69 Å². The van der Waals surface area contributed by atoms with Crippen LogP contribution in [0.4, 0.5) is 11.4 Å². The second kappa shape index (κ2) is 9.40. The first-order valence-corrected chi connectivity index (χ1v) is 7.69. The Hall–Kier alpha value is -1.91. The molecule has 0 radical (unpaired) electrons. The van der Waals surface area contributed by atoms with Crippen molar-refractivity contribution in [3.63, 3.8) is 0 Å². The first kappa shape index (κ1) is 20.1. The lowest BCUT2D eigenvalue weighted by molar-refractivity contribution is 0.0933. The van der Waals surface area contributed by atoms with E-state index < -0.39 is 0 Å². The summed E-state index contributed by atoms with van der Waals surface area (Å²) in [6, 6.07) is 17.6. The van der Waals surface area contributed by atoms with Crippen LogP contribution in [0.25, 0.3) is 0 Å². The Morgan fingerprint density at radius 2 is 1.83 bits per heavy atom. The van der Waals surface area contributed by atoms with Crippen LogP contribution >= 0.6 is 24.8 Å². The second-order valence-corrected chi connectivity index (χ2v) is 5.72. The maximum absolute atomic E-state index is 12.3. The zero-order chi connectivity index (χ0) is 15.4. The summed E-state index contributed by atoms with van der Waals surface area (Å²) in [6.45, 7) is 1.88. The number of piperidine rings is 1. The van der Waals surface area contributed by atoms with Crippen LogP contribution in [-0.2, 0) is 0 Å². The summed E-state index contributed by atoms with van der Waals surface area (Å²) in [5, 5.41) is 3.13. The lowest BCUT2D eigenvalue weighted by Gasteiger charge is -2.34. The molecule has 1 fully saturated rings. The van der Waals surface area contributed by atoms with Gasteiger partial charge in [0.05, 0.1) is 0 Å². The van der Waals surface area contributed by atoms with Crippen molar-refractivity contribution >= 4 is 42.1 Å². The number of halogens is 2. The Kier molecular flexibility index (Phi) is 7.89. The Labute approximate surface area is 155 Å². The molecule has 0 bridgehead atoms. The number of nitrogen functional groups attached to an aromatic ring is 1. The van der Waals surface area contributed by atoms with E-state index in [0.29, 0.717) is 11.3 Å². The molecular formula is C18H23Cl2N3O. The first-order valence-electron chi connectivity index (χ1n) is 7.69. The molecule has 6 heteroatoms. The van der Waals surface area contributed by atoms with Crippen molar-refractivity contribution in [2.75, 3.05) is 23.7 Å². The molecule has 0 saturated carbocycles. The fourth-order valence-electron chi connectivity index (χ4n) is 2.92. The molecule has 2 aromatic rings. The number of hydrogen-bond donors (Lipinski definition) is 2. The summed E-state index contributed by atoms with van der Waals surface area (Å²) in [6.07, 6.45) is 2.09. The number of anilines is 2. The summed E-state index contributed by atoms with van der Waals surface area (Å²) < 4.78 is 0. The minimum absolute atomic E-state index is 0. The standard InChI is InChI=1S/C18H21N3O.2ClH/c19-15-7-4-6-14(12-15)18(22)20-16-8-5-11-21(13-16)17-9-2-1-3-10-17;;/h1-4,6-7,9-10,12,16H,5,8,11,13,19H2,(H,20,22);2*1H. The van der Waals surface area contributed by atoms with Gasteiger partial charge in [-0.15, -0.1) is 24.8 Å². The molecule has 1 saturated heterocycles. The van der Waals surface area contributed by atoms with Crippen LogP contribution in [0.1, 0.15) is 23.2 Å². The molecule has 0 aromatic heterocycles. The van der Waals surface area contributed by atoms with Gasteiger partial charge in [-0.1, -0.05) is 24.3 Å². The number of nitrogens with one attached hydrogen (secondary N) is 1. The normalized spacial score (nSPS) is 16.5. The van der Waals surface area contributed by atoms with Crippen LogP contribution in [-0.4, -0.2) is 25.0 Å².